The van der Waals surface area contributed by atoms with E-state index in [1.165, 1.54) is 11.4 Å². The Kier molecular flexibility index (Phi) is 10.2. The Morgan fingerprint density at radius 1 is 1.60 bits per heavy atom. The zero-order chi connectivity index (χ0) is 7.33. The molecule has 0 fully saturated rings. The topological polar surface area (TPSA) is 32.3 Å². The molecule has 0 radical (unpaired) electrons. The third-order valence-corrected chi connectivity index (χ3v) is 5.03. The summed E-state index contributed by atoms with van der Waals surface area (Å²) in [6.45, 7) is 4.13. The van der Waals surface area contributed by atoms with Crippen molar-refractivity contribution in [3.05, 3.63) is 0 Å². The van der Waals surface area contributed by atoms with Crippen molar-refractivity contribution >= 4 is 28.9 Å². The van der Waals surface area contributed by atoms with Gasteiger partial charge in [-0.15, -0.1) is 11.4 Å². The summed E-state index contributed by atoms with van der Waals surface area (Å²) in [4.78, 5) is 11.0. The summed E-state index contributed by atoms with van der Waals surface area (Å²) in [5.74, 6) is 0.751. The molecule has 0 N–H and O–H groups in total. The van der Waals surface area contributed by atoms with Crippen molar-refractivity contribution in [1.29, 1.82) is 0 Å². The van der Waals surface area contributed by atoms with Crippen LogP contribution >= 0.6 is 17.1 Å². The first-order chi connectivity index (χ1) is 4.12. The van der Waals surface area contributed by atoms with Gasteiger partial charge in [0.2, 0.25) is 0 Å². The fourth-order valence-electron chi connectivity index (χ4n) is 0.353. The van der Waals surface area contributed by atoms with Crippen LogP contribution in [0.5, 0.6) is 0 Å². The maximum atomic E-state index is 11.0. The Bertz CT molecular complexity index is 112. The first-order valence-corrected chi connectivity index (χ1v) is 6.95. The largest absolute Gasteiger partial charge is 0.793 e. The molecule has 0 aliphatic rings. The van der Waals surface area contributed by atoms with Crippen LogP contribution in [0, 0.1) is 0 Å². The van der Waals surface area contributed by atoms with E-state index in [2.05, 4.69) is 11.8 Å². The quantitative estimate of drug-likeness (QED) is 0.557. The average molecular weight is 251 g/mol. The Labute approximate surface area is 83.8 Å². The zero-order valence-electron chi connectivity index (χ0n) is 6.20. The van der Waals surface area contributed by atoms with Crippen LogP contribution < -0.4 is 4.89 Å². The second-order valence-corrected chi connectivity index (χ2v) is 7.62. The van der Waals surface area contributed by atoms with E-state index in [9.17, 15) is 4.89 Å². The second kappa shape index (κ2) is 7.21. The molecule has 0 aromatic rings. The van der Waals surface area contributed by atoms with E-state index in [0.29, 0.717) is 6.61 Å². The third-order valence-electron chi connectivity index (χ3n) is 0.574. The van der Waals surface area contributed by atoms with Gasteiger partial charge in [-0.2, -0.15) is 0 Å². The molecular weight excluding hydrogens is 241 g/mol. The third kappa shape index (κ3) is 7.65. The molecule has 0 aromatic carbocycles. The van der Waals surface area contributed by atoms with Gasteiger partial charge in [-0.1, -0.05) is 18.7 Å². The van der Waals surface area contributed by atoms with Crippen LogP contribution in [0.15, 0.2) is 0 Å². The fourth-order valence-corrected chi connectivity index (χ4v) is 3.81. The Hall–Kier alpha value is 1.54. The maximum Gasteiger partial charge on any atom is 0.0485 e. The van der Waals surface area contributed by atoms with Crippen LogP contribution in [0.4, 0.5) is 0 Å². The first-order valence-electron chi connectivity index (χ1n) is 2.72. The molecule has 0 saturated heterocycles. The van der Waals surface area contributed by atoms with Gasteiger partial charge in [0.05, 0.1) is 0 Å². The molecule has 1 unspecified atom stereocenters. The summed E-state index contributed by atoms with van der Waals surface area (Å²) < 4.78 is 4.80. The predicted molar refractivity (Wildman–Crippen MR) is 44.0 cm³/mol. The molecule has 2 nitrogen and oxygen atoms in total. The van der Waals surface area contributed by atoms with Crippen molar-refractivity contribution in [3.63, 3.8) is 0 Å². The first kappa shape index (κ1) is 14.1. The summed E-state index contributed by atoms with van der Waals surface area (Å²) in [6, 6.07) is 0. The van der Waals surface area contributed by atoms with E-state index < -0.39 is 5.69 Å². The van der Waals surface area contributed by atoms with E-state index in [1.54, 1.807) is 6.92 Å². The SMILES string of the molecule is CCOP([O-])(=S)SCC.[Zn]. The van der Waals surface area contributed by atoms with Crippen LogP contribution in [0.1, 0.15) is 13.8 Å². The average Bonchev–Trinajstić information content (AvgIpc) is 1.64. The van der Waals surface area contributed by atoms with Crippen LogP contribution in [-0.2, 0) is 35.8 Å². The van der Waals surface area contributed by atoms with E-state index in [4.69, 9.17) is 4.52 Å². The van der Waals surface area contributed by atoms with E-state index in [1.807, 2.05) is 6.92 Å². The minimum atomic E-state index is -2.69. The monoisotopic (exact) mass is 249 g/mol. The summed E-state index contributed by atoms with van der Waals surface area (Å²) in [6.07, 6.45) is 0. The van der Waals surface area contributed by atoms with E-state index in [0.717, 1.165) is 5.75 Å². The fraction of sp³-hybridized carbons (Fsp3) is 1.00. The summed E-state index contributed by atoms with van der Waals surface area (Å²) in [7, 11) is 0. The summed E-state index contributed by atoms with van der Waals surface area (Å²) >= 11 is 5.84. The van der Waals surface area contributed by atoms with Crippen LogP contribution in [0.25, 0.3) is 0 Å². The molecule has 0 bridgehead atoms. The van der Waals surface area contributed by atoms with Crippen molar-refractivity contribution in [1.82, 2.24) is 0 Å². The maximum absolute atomic E-state index is 11.0. The van der Waals surface area contributed by atoms with Gasteiger partial charge in [-0.25, -0.2) is 0 Å². The smallest absolute Gasteiger partial charge is 0.0485 e. The van der Waals surface area contributed by atoms with Crippen LogP contribution in [-0.4, -0.2) is 12.4 Å². The predicted octanol–water partition coefficient (Wildman–Crippen LogP) is 1.36. The van der Waals surface area contributed by atoms with Crippen molar-refractivity contribution in [3.8, 4) is 0 Å². The van der Waals surface area contributed by atoms with E-state index in [-0.39, 0.29) is 19.5 Å². The van der Waals surface area contributed by atoms with Gasteiger partial charge in [-0.3, -0.25) is 0 Å². The van der Waals surface area contributed by atoms with Gasteiger partial charge in [0.1, 0.15) is 0 Å². The van der Waals surface area contributed by atoms with Gasteiger partial charge >= 0.3 is 0 Å². The number of hydrogen-bond acceptors (Lipinski definition) is 4. The summed E-state index contributed by atoms with van der Waals surface area (Å²) in [5, 5.41) is 0. The van der Waals surface area contributed by atoms with Crippen LogP contribution in [0.2, 0.25) is 0 Å². The molecule has 6 heteroatoms. The number of hydrogen-bond donors (Lipinski definition) is 0. The molecule has 0 aromatic heterocycles. The van der Waals surface area contributed by atoms with Gasteiger partial charge in [0.25, 0.3) is 0 Å². The molecular formula is C4H10O2PS2Zn-. The van der Waals surface area contributed by atoms with Gasteiger partial charge in [0, 0.05) is 31.8 Å². The molecule has 0 heterocycles. The Morgan fingerprint density at radius 3 is 2.40 bits per heavy atom. The number of rotatable bonds is 4. The standard InChI is InChI=1S/C4H11O2PS2.Zn/c1-3-6-7(5,8)9-4-2;/h3-4H2,1-2H3,(H,5,8);/p-1. The molecule has 0 rings (SSSR count). The van der Waals surface area contributed by atoms with Gasteiger partial charge < -0.3 is 9.42 Å². The van der Waals surface area contributed by atoms with Crippen molar-refractivity contribution in [2.24, 2.45) is 0 Å². The van der Waals surface area contributed by atoms with E-state index >= 15 is 0 Å². The molecule has 0 aliphatic carbocycles. The summed E-state index contributed by atoms with van der Waals surface area (Å²) in [5.41, 5.74) is -2.69. The van der Waals surface area contributed by atoms with Crippen molar-refractivity contribution in [2.75, 3.05) is 12.4 Å². The minimum absolute atomic E-state index is 0. The Balaban J connectivity index is 0. The van der Waals surface area contributed by atoms with Crippen LogP contribution in [0.3, 0.4) is 0 Å². The molecule has 0 aliphatic heterocycles. The molecule has 0 spiro atoms. The molecule has 10 heavy (non-hydrogen) atoms. The molecule has 0 saturated carbocycles. The molecule has 58 valence electrons. The van der Waals surface area contributed by atoms with Crippen molar-refractivity contribution in [2.45, 2.75) is 13.8 Å². The van der Waals surface area contributed by atoms with Crippen molar-refractivity contribution < 1.29 is 28.9 Å². The molecule has 0 amide bonds. The minimum Gasteiger partial charge on any atom is -0.793 e. The Morgan fingerprint density at radius 2 is 2.10 bits per heavy atom. The van der Waals surface area contributed by atoms with Gasteiger partial charge in [0.15, 0.2) is 0 Å². The normalized spacial score (nSPS) is 15.5. The second-order valence-electron chi connectivity index (χ2n) is 1.28. The molecule has 1 atom stereocenters. The van der Waals surface area contributed by atoms with Gasteiger partial charge in [-0.05, 0) is 12.7 Å². The zero-order valence-corrected chi connectivity index (χ0v) is 11.7.